The lowest BCUT2D eigenvalue weighted by atomic mass is 9.74. The summed E-state index contributed by atoms with van der Waals surface area (Å²) in [7, 11) is 1.81. The molecule has 1 atom stereocenters. The molecular formula is C13H25N3O. The largest absolute Gasteiger partial charge is 0.384 e. The second kappa shape index (κ2) is 5.71. The van der Waals surface area contributed by atoms with Crippen molar-refractivity contribution in [2.75, 3.05) is 26.8 Å². The zero-order valence-electron chi connectivity index (χ0n) is 11.1. The monoisotopic (exact) mass is 239 g/mol. The summed E-state index contributed by atoms with van der Waals surface area (Å²) < 4.78 is 5.42. The number of rotatable bonds is 4. The molecule has 2 rings (SSSR count). The fraction of sp³-hybridized carbons (Fsp3) is 0.923. The van der Waals surface area contributed by atoms with Gasteiger partial charge in [-0.05, 0) is 19.8 Å². The van der Waals surface area contributed by atoms with Crippen LogP contribution in [0.4, 0.5) is 0 Å². The highest BCUT2D eigenvalue weighted by molar-refractivity contribution is 5.81. The summed E-state index contributed by atoms with van der Waals surface area (Å²) >= 11 is 0. The van der Waals surface area contributed by atoms with Crippen LogP contribution in [0.3, 0.4) is 0 Å². The van der Waals surface area contributed by atoms with E-state index in [1.54, 1.807) is 0 Å². The molecule has 1 heterocycles. The third-order valence-electron chi connectivity index (χ3n) is 3.90. The van der Waals surface area contributed by atoms with Gasteiger partial charge in [0.25, 0.3) is 0 Å². The Morgan fingerprint density at radius 3 is 2.76 bits per heavy atom. The standard InChI is InChI=1S/C13H25N3O/c1-11-8-14-12(16-11)15-9-13(10-17-2)6-4-3-5-7-13/h11H,3-10H2,1-2H3,(H2,14,15,16). The van der Waals surface area contributed by atoms with E-state index in [0.29, 0.717) is 11.5 Å². The summed E-state index contributed by atoms with van der Waals surface area (Å²) in [5.41, 5.74) is 0.322. The van der Waals surface area contributed by atoms with Crippen molar-refractivity contribution in [2.24, 2.45) is 10.4 Å². The van der Waals surface area contributed by atoms with Gasteiger partial charge in [-0.2, -0.15) is 0 Å². The van der Waals surface area contributed by atoms with Crippen molar-refractivity contribution in [1.29, 1.82) is 0 Å². The second-order valence-electron chi connectivity index (χ2n) is 5.58. The van der Waals surface area contributed by atoms with Crippen LogP contribution in [0.5, 0.6) is 0 Å². The third-order valence-corrected chi connectivity index (χ3v) is 3.90. The third kappa shape index (κ3) is 3.35. The number of nitrogens with one attached hydrogen (secondary N) is 2. The molecule has 1 aliphatic carbocycles. The Morgan fingerprint density at radius 2 is 2.18 bits per heavy atom. The van der Waals surface area contributed by atoms with Crippen molar-refractivity contribution in [2.45, 2.75) is 45.1 Å². The van der Waals surface area contributed by atoms with Crippen molar-refractivity contribution in [3.8, 4) is 0 Å². The van der Waals surface area contributed by atoms with E-state index >= 15 is 0 Å². The minimum Gasteiger partial charge on any atom is -0.384 e. The van der Waals surface area contributed by atoms with Gasteiger partial charge in [0.2, 0.25) is 0 Å². The van der Waals surface area contributed by atoms with Gasteiger partial charge in [0.05, 0.1) is 13.2 Å². The summed E-state index contributed by atoms with van der Waals surface area (Å²) in [5.74, 6) is 0.971. The fourth-order valence-electron chi connectivity index (χ4n) is 2.91. The van der Waals surface area contributed by atoms with Crippen molar-refractivity contribution >= 4 is 5.96 Å². The number of ether oxygens (including phenoxy) is 1. The van der Waals surface area contributed by atoms with Gasteiger partial charge < -0.3 is 15.4 Å². The highest BCUT2D eigenvalue weighted by atomic mass is 16.5. The van der Waals surface area contributed by atoms with E-state index in [-0.39, 0.29) is 0 Å². The van der Waals surface area contributed by atoms with Gasteiger partial charge in [-0.25, -0.2) is 0 Å². The predicted molar refractivity (Wildman–Crippen MR) is 70.3 cm³/mol. The quantitative estimate of drug-likeness (QED) is 0.782. The van der Waals surface area contributed by atoms with Crippen LogP contribution < -0.4 is 10.6 Å². The Morgan fingerprint density at radius 1 is 1.41 bits per heavy atom. The lowest BCUT2D eigenvalue weighted by Gasteiger charge is -2.37. The topological polar surface area (TPSA) is 45.6 Å². The first-order valence-corrected chi connectivity index (χ1v) is 6.78. The summed E-state index contributed by atoms with van der Waals surface area (Å²) in [6.07, 6.45) is 6.59. The van der Waals surface area contributed by atoms with Gasteiger partial charge >= 0.3 is 0 Å². The number of guanidine groups is 1. The molecule has 0 radical (unpaired) electrons. The zero-order chi connectivity index (χ0) is 12.1. The molecule has 0 saturated heterocycles. The van der Waals surface area contributed by atoms with E-state index < -0.39 is 0 Å². The van der Waals surface area contributed by atoms with E-state index in [4.69, 9.17) is 4.74 Å². The van der Waals surface area contributed by atoms with Crippen LogP contribution >= 0.6 is 0 Å². The van der Waals surface area contributed by atoms with E-state index in [0.717, 1.165) is 25.7 Å². The normalized spacial score (nSPS) is 27.4. The summed E-state index contributed by atoms with van der Waals surface area (Å²) in [6, 6.07) is 0.474. The first-order chi connectivity index (χ1) is 8.24. The molecule has 2 aliphatic rings. The van der Waals surface area contributed by atoms with Gasteiger partial charge in [0, 0.05) is 25.1 Å². The molecule has 4 nitrogen and oxygen atoms in total. The number of aliphatic imine (C=N–C) groups is 1. The molecule has 17 heavy (non-hydrogen) atoms. The minimum atomic E-state index is 0.322. The van der Waals surface area contributed by atoms with Crippen molar-refractivity contribution in [3.05, 3.63) is 0 Å². The number of hydrogen-bond acceptors (Lipinski definition) is 4. The van der Waals surface area contributed by atoms with E-state index in [1.165, 1.54) is 32.1 Å². The first-order valence-electron chi connectivity index (χ1n) is 6.78. The van der Waals surface area contributed by atoms with Gasteiger partial charge in [-0.3, -0.25) is 4.99 Å². The lowest BCUT2D eigenvalue weighted by Crippen LogP contribution is -2.46. The van der Waals surface area contributed by atoms with Gasteiger partial charge in [0.15, 0.2) is 5.96 Å². The van der Waals surface area contributed by atoms with Gasteiger partial charge in [-0.1, -0.05) is 19.3 Å². The molecule has 0 spiro atoms. The molecule has 1 unspecified atom stereocenters. The Bertz CT molecular complexity index is 266. The van der Waals surface area contributed by atoms with Crippen molar-refractivity contribution < 1.29 is 4.74 Å². The molecule has 1 fully saturated rings. The van der Waals surface area contributed by atoms with E-state index in [2.05, 4.69) is 22.5 Å². The fourth-order valence-corrected chi connectivity index (χ4v) is 2.91. The first kappa shape index (κ1) is 12.7. The molecule has 0 bridgehead atoms. The maximum absolute atomic E-state index is 5.42. The van der Waals surface area contributed by atoms with Crippen LogP contribution in [-0.2, 0) is 4.74 Å². The predicted octanol–water partition coefficient (Wildman–Crippen LogP) is 1.52. The Balaban J connectivity index is 1.85. The Kier molecular flexibility index (Phi) is 4.26. The van der Waals surface area contributed by atoms with E-state index in [1.807, 2.05) is 7.11 Å². The average molecular weight is 239 g/mol. The molecule has 4 heteroatoms. The highest BCUT2D eigenvalue weighted by Gasteiger charge is 2.32. The molecule has 0 aromatic heterocycles. The Hall–Kier alpha value is -0.770. The molecule has 2 N–H and O–H groups in total. The lowest BCUT2D eigenvalue weighted by molar-refractivity contribution is 0.0517. The molecule has 98 valence electrons. The molecule has 1 aliphatic heterocycles. The highest BCUT2D eigenvalue weighted by Crippen LogP contribution is 2.35. The van der Waals surface area contributed by atoms with Gasteiger partial charge in [0.1, 0.15) is 0 Å². The SMILES string of the molecule is COCC1(CNC2=NCC(C)N2)CCCCC1. The summed E-state index contributed by atoms with van der Waals surface area (Å²) in [5, 5.41) is 6.82. The van der Waals surface area contributed by atoms with Crippen LogP contribution in [0.1, 0.15) is 39.0 Å². The number of methoxy groups -OCH3 is 1. The van der Waals surface area contributed by atoms with Crippen LogP contribution in [-0.4, -0.2) is 38.8 Å². The number of hydrogen-bond donors (Lipinski definition) is 2. The zero-order valence-corrected chi connectivity index (χ0v) is 11.1. The molecular weight excluding hydrogens is 214 g/mol. The maximum atomic E-state index is 5.42. The number of nitrogens with zero attached hydrogens (tertiary/aromatic N) is 1. The smallest absolute Gasteiger partial charge is 0.191 e. The summed E-state index contributed by atoms with van der Waals surface area (Å²) in [4.78, 5) is 4.45. The van der Waals surface area contributed by atoms with Crippen LogP contribution in [0.2, 0.25) is 0 Å². The van der Waals surface area contributed by atoms with E-state index in [9.17, 15) is 0 Å². The second-order valence-corrected chi connectivity index (χ2v) is 5.58. The molecule has 0 aromatic rings. The van der Waals surface area contributed by atoms with Gasteiger partial charge in [-0.15, -0.1) is 0 Å². The maximum Gasteiger partial charge on any atom is 0.191 e. The summed E-state index contributed by atoms with van der Waals surface area (Å²) in [6.45, 7) is 4.89. The van der Waals surface area contributed by atoms with Crippen LogP contribution in [0.15, 0.2) is 4.99 Å². The van der Waals surface area contributed by atoms with Crippen molar-refractivity contribution in [1.82, 2.24) is 10.6 Å². The van der Waals surface area contributed by atoms with Crippen LogP contribution in [0.25, 0.3) is 0 Å². The average Bonchev–Trinajstić information content (AvgIpc) is 2.75. The minimum absolute atomic E-state index is 0.322. The molecule has 1 saturated carbocycles. The molecule has 0 aromatic carbocycles. The van der Waals surface area contributed by atoms with Crippen LogP contribution in [0, 0.1) is 5.41 Å². The molecule has 0 amide bonds. The Labute approximate surface area is 104 Å². The van der Waals surface area contributed by atoms with Crippen molar-refractivity contribution in [3.63, 3.8) is 0 Å².